The lowest BCUT2D eigenvalue weighted by Gasteiger charge is -2.11. The molecule has 0 saturated carbocycles. The van der Waals surface area contributed by atoms with E-state index in [2.05, 4.69) is 5.32 Å². The molecular weight excluding hydrogens is 230 g/mol. The van der Waals surface area contributed by atoms with Crippen molar-refractivity contribution in [3.63, 3.8) is 0 Å². The highest BCUT2D eigenvalue weighted by Gasteiger charge is 2.08. The molecule has 0 saturated heterocycles. The molecule has 98 valence electrons. The number of hydrogen-bond donors (Lipinski definition) is 3. The van der Waals surface area contributed by atoms with E-state index in [9.17, 15) is 9.59 Å². The first-order valence-electron chi connectivity index (χ1n) is 5.95. The van der Waals surface area contributed by atoms with E-state index in [0.717, 1.165) is 5.56 Å². The molecule has 0 heterocycles. The average Bonchev–Trinajstić information content (AvgIpc) is 2.36. The fourth-order valence-electron chi connectivity index (χ4n) is 1.57. The van der Waals surface area contributed by atoms with Crippen LogP contribution in [0.1, 0.15) is 30.9 Å². The Morgan fingerprint density at radius 2 is 1.83 bits per heavy atom. The Kier molecular flexibility index (Phi) is 5.87. The first-order chi connectivity index (χ1) is 8.59. The van der Waals surface area contributed by atoms with E-state index in [0.29, 0.717) is 12.8 Å². The smallest absolute Gasteiger partial charge is 0.220 e. The maximum Gasteiger partial charge on any atom is 0.220 e. The van der Waals surface area contributed by atoms with Crippen molar-refractivity contribution in [1.29, 1.82) is 0 Å². The van der Waals surface area contributed by atoms with E-state index >= 15 is 0 Å². The molecule has 0 fully saturated rings. The van der Waals surface area contributed by atoms with E-state index in [1.54, 1.807) is 0 Å². The normalized spacial score (nSPS) is 11.8. The minimum Gasteiger partial charge on any atom is -0.370 e. The van der Waals surface area contributed by atoms with Gasteiger partial charge in [-0.05, 0) is 12.0 Å². The van der Waals surface area contributed by atoms with Gasteiger partial charge in [-0.25, -0.2) is 0 Å². The van der Waals surface area contributed by atoms with Crippen molar-refractivity contribution in [3.8, 4) is 0 Å². The van der Waals surface area contributed by atoms with Gasteiger partial charge in [-0.2, -0.15) is 0 Å². The standard InChI is InChI=1S/C13H19N3O2/c14-11(10-4-2-1-3-5-10)6-7-13(18)16-9-8-12(15)17/h1-5,11H,6-9,14H2,(H2,15,17)(H,16,18). The summed E-state index contributed by atoms with van der Waals surface area (Å²) in [5.74, 6) is -0.529. The second-order valence-corrected chi connectivity index (χ2v) is 4.12. The summed E-state index contributed by atoms with van der Waals surface area (Å²) >= 11 is 0. The lowest BCUT2D eigenvalue weighted by molar-refractivity contribution is -0.121. The van der Waals surface area contributed by atoms with E-state index < -0.39 is 5.91 Å². The molecule has 1 aromatic rings. The summed E-state index contributed by atoms with van der Waals surface area (Å²) in [4.78, 5) is 21.9. The number of carbonyl (C=O) groups is 2. The van der Waals surface area contributed by atoms with Gasteiger partial charge < -0.3 is 16.8 Å². The molecule has 0 aliphatic rings. The number of hydrogen-bond acceptors (Lipinski definition) is 3. The first-order valence-corrected chi connectivity index (χ1v) is 5.95. The lowest BCUT2D eigenvalue weighted by atomic mass is 10.0. The van der Waals surface area contributed by atoms with Crippen LogP contribution in [0.4, 0.5) is 0 Å². The molecule has 5 N–H and O–H groups in total. The van der Waals surface area contributed by atoms with Crippen LogP contribution in [0, 0.1) is 0 Å². The highest BCUT2D eigenvalue weighted by Crippen LogP contribution is 2.14. The molecule has 0 aliphatic carbocycles. The Morgan fingerprint density at radius 3 is 2.44 bits per heavy atom. The third kappa shape index (κ3) is 5.45. The van der Waals surface area contributed by atoms with Crippen molar-refractivity contribution >= 4 is 11.8 Å². The van der Waals surface area contributed by atoms with Crippen LogP contribution in [0.3, 0.4) is 0 Å². The second-order valence-electron chi connectivity index (χ2n) is 4.12. The molecule has 5 nitrogen and oxygen atoms in total. The van der Waals surface area contributed by atoms with Crippen LogP contribution in [-0.2, 0) is 9.59 Å². The Bertz CT molecular complexity index is 392. The first kappa shape index (κ1) is 14.2. The number of primary amides is 1. The molecule has 5 heteroatoms. The number of rotatable bonds is 7. The minimum atomic E-state index is -0.420. The zero-order valence-electron chi connectivity index (χ0n) is 10.3. The summed E-state index contributed by atoms with van der Waals surface area (Å²) in [6.45, 7) is 0.286. The van der Waals surface area contributed by atoms with Crippen LogP contribution in [0.15, 0.2) is 30.3 Å². The molecule has 1 rings (SSSR count). The molecule has 18 heavy (non-hydrogen) atoms. The van der Waals surface area contributed by atoms with Crippen LogP contribution in [0.25, 0.3) is 0 Å². The van der Waals surface area contributed by atoms with Gasteiger partial charge in [0.25, 0.3) is 0 Å². The summed E-state index contributed by atoms with van der Waals surface area (Å²) < 4.78 is 0. The molecule has 0 aliphatic heterocycles. The molecule has 0 radical (unpaired) electrons. The van der Waals surface area contributed by atoms with Gasteiger partial charge >= 0.3 is 0 Å². The van der Waals surface area contributed by atoms with E-state index in [4.69, 9.17) is 11.5 Å². The van der Waals surface area contributed by atoms with Crippen molar-refractivity contribution in [2.24, 2.45) is 11.5 Å². The Labute approximate surface area is 107 Å². The van der Waals surface area contributed by atoms with Crippen LogP contribution in [0.2, 0.25) is 0 Å². The fourth-order valence-corrected chi connectivity index (χ4v) is 1.57. The van der Waals surface area contributed by atoms with Crippen molar-refractivity contribution in [2.75, 3.05) is 6.54 Å². The number of benzene rings is 1. The van der Waals surface area contributed by atoms with Gasteiger partial charge in [-0.3, -0.25) is 9.59 Å². The third-order valence-electron chi connectivity index (χ3n) is 2.60. The van der Waals surface area contributed by atoms with Crippen molar-refractivity contribution < 1.29 is 9.59 Å². The summed E-state index contributed by atoms with van der Waals surface area (Å²) in [5.41, 5.74) is 11.9. The SMILES string of the molecule is NC(=O)CCNC(=O)CCC(N)c1ccccc1. The van der Waals surface area contributed by atoms with Gasteiger partial charge in [-0.1, -0.05) is 30.3 Å². The van der Waals surface area contributed by atoms with Gasteiger partial charge in [-0.15, -0.1) is 0 Å². The van der Waals surface area contributed by atoms with Gasteiger partial charge in [0.1, 0.15) is 0 Å². The zero-order chi connectivity index (χ0) is 13.4. The van der Waals surface area contributed by atoms with Crippen LogP contribution in [-0.4, -0.2) is 18.4 Å². The lowest BCUT2D eigenvalue weighted by Crippen LogP contribution is -2.28. The molecule has 1 unspecified atom stereocenters. The maximum absolute atomic E-state index is 11.4. The number of nitrogens with two attached hydrogens (primary N) is 2. The topological polar surface area (TPSA) is 98.2 Å². The van der Waals surface area contributed by atoms with E-state index in [1.807, 2.05) is 30.3 Å². The quantitative estimate of drug-likeness (QED) is 0.654. The largest absolute Gasteiger partial charge is 0.370 e. The molecule has 1 atom stereocenters. The van der Waals surface area contributed by atoms with Gasteiger partial charge in [0, 0.05) is 25.4 Å². The number of nitrogens with one attached hydrogen (secondary N) is 1. The fraction of sp³-hybridized carbons (Fsp3) is 0.385. The van der Waals surface area contributed by atoms with Gasteiger partial charge in [0.15, 0.2) is 0 Å². The van der Waals surface area contributed by atoms with E-state index in [-0.39, 0.29) is 24.9 Å². The Hall–Kier alpha value is -1.88. The van der Waals surface area contributed by atoms with Crippen LogP contribution < -0.4 is 16.8 Å². The predicted molar refractivity (Wildman–Crippen MR) is 69.4 cm³/mol. The Balaban J connectivity index is 2.24. The highest BCUT2D eigenvalue weighted by molar-refractivity contribution is 5.78. The highest BCUT2D eigenvalue weighted by atomic mass is 16.2. The van der Waals surface area contributed by atoms with Crippen LogP contribution >= 0.6 is 0 Å². The number of carbonyl (C=O) groups excluding carboxylic acids is 2. The summed E-state index contributed by atoms with van der Waals surface area (Å²) in [6.07, 6.45) is 1.08. The predicted octanol–water partition coefficient (Wildman–Crippen LogP) is 0.458. The van der Waals surface area contributed by atoms with Gasteiger partial charge in [0.2, 0.25) is 11.8 Å². The summed E-state index contributed by atoms with van der Waals surface area (Å²) in [6, 6.07) is 9.50. The molecule has 0 spiro atoms. The molecule has 0 aromatic heterocycles. The van der Waals surface area contributed by atoms with Gasteiger partial charge in [0.05, 0.1) is 0 Å². The van der Waals surface area contributed by atoms with Crippen molar-refractivity contribution in [3.05, 3.63) is 35.9 Å². The molecule has 1 aromatic carbocycles. The van der Waals surface area contributed by atoms with Crippen molar-refractivity contribution in [2.45, 2.75) is 25.3 Å². The zero-order valence-corrected chi connectivity index (χ0v) is 10.3. The molecule has 2 amide bonds. The van der Waals surface area contributed by atoms with Crippen molar-refractivity contribution in [1.82, 2.24) is 5.32 Å². The number of amides is 2. The Morgan fingerprint density at radius 1 is 1.17 bits per heavy atom. The second kappa shape index (κ2) is 7.45. The van der Waals surface area contributed by atoms with E-state index in [1.165, 1.54) is 0 Å². The monoisotopic (exact) mass is 249 g/mol. The summed E-state index contributed by atoms with van der Waals surface area (Å²) in [7, 11) is 0. The third-order valence-corrected chi connectivity index (χ3v) is 2.60. The maximum atomic E-state index is 11.4. The van der Waals surface area contributed by atoms with Crippen LogP contribution in [0.5, 0.6) is 0 Å². The minimum absolute atomic E-state index is 0.109. The summed E-state index contributed by atoms with van der Waals surface area (Å²) in [5, 5.41) is 2.63. The molecular formula is C13H19N3O2. The average molecular weight is 249 g/mol. The molecule has 0 bridgehead atoms.